The Morgan fingerprint density at radius 1 is 0.963 bits per heavy atom. The van der Waals surface area contributed by atoms with Crippen LogP contribution in [-0.2, 0) is 6.54 Å². The highest BCUT2D eigenvalue weighted by atomic mass is 19.1. The standard InChI is InChI=1S/C21H21FN4O/c22-19-6-8-20(9-7-19)24-10-12-25(13-11-24)21(27)18-14-23-26(16-18)15-17-4-2-1-3-5-17/h1-9,14,16H,10-13,15H2. The van der Waals surface area contributed by atoms with Gasteiger partial charge in [-0.2, -0.15) is 5.10 Å². The highest BCUT2D eigenvalue weighted by Crippen LogP contribution is 2.18. The van der Waals surface area contributed by atoms with Gasteiger partial charge < -0.3 is 9.80 Å². The van der Waals surface area contributed by atoms with Crippen LogP contribution in [0.5, 0.6) is 0 Å². The molecule has 0 unspecified atom stereocenters. The van der Waals surface area contributed by atoms with Crippen LogP contribution in [0.15, 0.2) is 67.0 Å². The van der Waals surface area contributed by atoms with E-state index in [1.54, 1.807) is 23.0 Å². The smallest absolute Gasteiger partial charge is 0.257 e. The fourth-order valence-corrected chi connectivity index (χ4v) is 3.33. The summed E-state index contributed by atoms with van der Waals surface area (Å²) in [5.74, 6) is -0.229. The second-order valence-corrected chi connectivity index (χ2v) is 6.67. The number of rotatable bonds is 4. The molecule has 138 valence electrons. The van der Waals surface area contributed by atoms with E-state index < -0.39 is 0 Å². The summed E-state index contributed by atoms with van der Waals surface area (Å²) in [5.41, 5.74) is 2.74. The maximum absolute atomic E-state index is 13.1. The van der Waals surface area contributed by atoms with Crippen molar-refractivity contribution in [3.63, 3.8) is 0 Å². The summed E-state index contributed by atoms with van der Waals surface area (Å²) in [5, 5.41) is 4.32. The fraction of sp³-hybridized carbons (Fsp3) is 0.238. The molecule has 0 aliphatic carbocycles. The van der Waals surface area contributed by atoms with Crippen molar-refractivity contribution in [3.8, 4) is 0 Å². The van der Waals surface area contributed by atoms with Gasteiger partial charge in [0.2, 0.25) is 0 Å². The molecule has 5 nitrogen and oxygen atoms in total. The summed E-state index contributed by atoms with van der Waals surface area (Å²) < 4.78 is 14.9. The first kappa shape index (κ1) is 17.3. The van der Waals surface area contributed by atoms with Gasteiger partial charge in [-0.25, -0.2) is 4.39 Å². The zero-order valence-corrected chi connectivity index (χ0v) is 15.0. The van der Waals surface area contributed by atoms with Crippen LogP contribution in [0.1, 0.15) is 15.9 Å². The van der Waals surface area contributed by atoms with Gasteiger partial charge >= 0.3 is 0 Å². The molecule has 3 aromatic rings. The molecule has 4 rings (SSSR count). The topological polar surface area (TPSA) is 41.4 Å². The van der Waals surface area contributed by atoms with Crippen LogP contribution in [0.3, 0.4) is 0 Å². The van der Waals surface area contributed by atoms with Crippen LogP contribution >= 0.6 is 0 Å². The Hall–Kier alpha value is -3.15. The summed E-state index contributed by atoms with van der Waals surface area (Å²) in [4.78, 5) is 16.8. The second-order valence-electron chi connectivity index (χ2n) is 6.67. The minimum absolute atomic E-state index is 0.00747. The Morgan fingerprint density at radius 3 is 2.37 bits per heavy atom. The molecule has 0 saturated carbocycles. The quantitative estimate of drug-likeness (QED) is 0.715. The minimum atomic E-state index is -0.236. The first-order valence-electron chi connectivity index (χ1n) is 9.05. The van der Waals surface area contributed by atoms with Crippen molar-refractivity contribution in [2.45, 2.75) is 6.54 Å². The predicted molar refractivity (Wildman–Crippen MR) is 102 cm³/mol. The molecule has 1 saturated heterocycles. The molecule has 1 aromatic heterocycles. The van der Waals surface area contributed by atoms with Crippen molar-refractivity contribution in [2.24, 2.45) is 0 Å². The van der Waals surface area contributed by atoms with Gasteiger partial charge in [0.05, 0.1) is 18.3 Å². The lowest BCUT2D eigenvalue weighted by Crippen LogP contribution is -2.48. The third kappa shape index (κ3) is 4.00. The van der Waals surface area contributed by atoms with E-state index in [9.17, 15) is 9.18 Å². The van der Waals surface area contributed by atoms with Gasteiger partial charge in [-0.15, -0.1) is 0 Å². The molecule has 2 heterocycles. The molecule has 27 heavy (non-hydrogen) atoms. The summed E-state index contributed by atoms with van der Waals surface area (Å²) in [7, 11) is 0. The molecule has 6 heteroatoms. The van der Waals surface area contributed by atoms with E-state index >= 15 is 0 Å². The number of nitrogens with zero attached hydrogens (tertiary/aromatic N) is 4. The highest BCUT2D eigenvalue weighted by molar-refractivity contribution is 5.93. The third-order valence-electron chi connectivity index (χ3n) is 4.83. The first-order valence-corrected chi connectivity index (χ1v) is 9.05. The van der Waals surface area contributed by atoms with Crippen molar-refractivity contribution in [1.82, 2.24) is 14.7 Å². The maximum Gasteiger partial charge on any atom is 0.257 e. The fourth-order valence-electron chi connectivity index (χ4n) is 3.33. The molecule has 1 aliphatic rings. The number of anilines is 1. The zero-order valence-electron chi connectivity index (χ0n) is 15.0. The van der Waals surface area contributed by atoms with E-state index in [1.165, 1.54) is 12.1 Å². The number of benzene rings is 2. The van der Waals surface area contributed by atoms with Crippen molar-refractivity contribution < 1.29 is 9.18 Å². The normalized spacial score (nSPS) is 14.4. The lowest BCUT2D eigenvalue weighted by atomic mass is 10.2. The highest BCUT2D eigenvalue weighted by Gasteiger charge is 2.23. The molecule has 0 spiro atoms. The third-order valence-corrected chi connectivity index (χ3v) is 4.83. The maximum atomic E-state index is 13.1. The minimum Gasteiger partial charge on any atom is -0.368 e. The van der Waals surface area contributed by atoms with E-state index in [-0.39, 0.29) is 11.7 Å². The van der Waals surface area contributed by atoms with Crippen LogP contribution in [0.2, 0.25) is 0 Å². The van der Waals surface area contributed by atoms with Gasteiger partial charge in [-0.05, 0) is 29.8 Å². The van der Waals surface area contributed by atoms with E-state index in [4.69, 9.17) is 0 Å². The van der Waals surface area contributed by atoms with Gasteiger partial charge in [0.15, 0.2) is 0 Å². The molecule has 1 aliphatic heterocycles. The number of carbonyl (C=O) groups is 1. The van der Waals surface area contributed by atoms with Crippen molar-refractivity contribution >= 4 is 11.6 Å². The molecule has 0 N–H and O–H groups in total. The number of hydrogen-bond donors (Lipinski definition) is 0. The molecule has 0 atom stereocenters. The number of halogens is 1. The number of amides is 1. The summed E-state index contributed by atoms with van der Waals surface area (Å²) >= 11 is 0. The number of aromatic nitrogens is 2. The first-order chi connectivity index (χ1) is 13.2. The summed E-state index contributed by atoms with van der Waals surface area (Å²) in [6.45, 7) is 3.39. The molecular weight excluding hydrogens is 343 g/mol. The van der Waals surface area contributed by atoms with Gasteiger partial charge in [0.25, 0.3) is 5.91 Å². The van der Waals surface area contributed by atoms with Crippen molar-refractivity contribution in [3.05, 3.63) is 83.9 Å². The zero-order chi connectivity index (χ0) is 18.6. The lowest BCUT2D eigenvalue weighted by molar-refractivity contribution is 0.0746. The molecular formula is C21H21FN4O. The van der Waals surface area contributed by atoms with Gasteiger partial charge in [0.1, 0.15) is 5.82 Å². The van der Waals surface area contributed by atoms with E-state index in [0.29, 0.717) is 25.2 Å². The summed E-state index contributed by atoms with van der Waals surface area (Å²) in [6.07, 6.45) is 3.44. The Labute approximate surface area is 157 Å². The number of hydrogen-bond acceptors (Lipinski definition) is 3. The average molecular weight is 364 g/mol. The Balaban J connectivity index is 1.36. The van der Waals surface area contributed by atoms with E-state index in [2.05, 4.69) is 10.00 Å². The predicted octanol–water partition coefficient (Wildman–Crippen LogP) is 3.03. The molecule has 1 fully saturated rings. The van der Waals surface area contributed by atoms with Crippen molar-refractivity contribution in [2.75, 3.05) is 31.1 Å². The monoisotopic (exact) mass is 364 g/mol. The van der Waals surface area contributed by atoms with E-state index in [0.717, 1.165) is 24.3 Å². The molecule has 0 radical (unpaired) electrons. The van der Waals surface area contributed by atoms with Crippen LogP contribution in [0.25, 0.3) is 0 Å². The second kappa shape index (κ2) is 7.61. The summed E-state index contributed by atoms with van der Waals surface area (Å²) in [6, 6.07) is 16.5. The lowest BCUT2D eigenvalue weighted by Gasteiger charge is -2.36. The SMILES string of the molecule is O=C(c1cnn(Cc2ccccc2)c1)N1CCN(c2ccc(F)cc2)CC1. The van der Waals surface area contributed by atoms with Gasteiger partial charge in [0, 0.05) is 38.1 Å². The van der Waals surface area contributed by atoms with E-state index in [1.807, 2.05) is 41.4 Å². The van der Waals surface area contributed by atoms with Crippen LogP contribution < -0.4 is 4.90 Å². The molecule has 2 aromatic carbocycles. The van der Waals surface area contributed by atoms with Gasteiger partial charge in [-0.1, -0.05) is 30.3 Å². The Kier molecular flexibility index (Phi) is 4.87. The Bertz CT molecular complexity index is 899. The number of carbonyl (C=O) groups excluding carboxylic acids is 1. The van der Waals surface area contributed by atoms with Gasteiger partial charge in [-0.3, -0.25) is 9.48 Å². The molecule has 1 amide bonds. The van der Waals surface area contributed by atoms with Crippen LogP contribution in [0, 0.1) is 5.82 Å². The van der Waals surface area contributed by atoms with Crippen molar-refractivity contribution in [1.29, 1.82) is 0 Å². The number of piperazine rings is 1. The largest absolute Gasteiger partial charge is 0.368 e. The van der Waals surface area contributed by atoms with Crippen LogP contribution in [-0.4, -0.2) is 46.8 Å². The van der Waals surface area contributed by atoms with Crippen LogP contribution in [0.4, 0.5) is 10.1 Å². The Morgan fingerprint density at radius 2 is 1.67 bits per heavy atom. The molecule has 0 bridgehead atoms. The average Bonchev–Trinajstić information content (AvgIpc) is 3.17.